The second-order valence-electron chi connectivity index (χ2n) is 5.22. The molecule has 0 saturated carbocycles. The Hall–Kier alpha value is -2.54. The minimum absolute atomic E-state index is 0.0774. The van der Waals surface area contributed by atoms with Gasteiger partial charge >= 0.3 is 12.1 Å². The van der Waals surface area contributed by atoms with Crippen LogP contribution in [-0.4, -0.2) is 22.9 Å². The van der Waals surface area contributed by atoms with E-state index in [1.54, 1.807) is 18.2 Å². The van der Waals surface area contributed by atoms with Crippen LogP contribution >= 0.6 is 11.6 Å². The largest absolute Gasteiger partial charge is 0.480 e. The summed E-state index contributed by atoms with van der Waals surface area (Å²) in [5.41, 5.74) is -0.867. The lowest BCUT2D eigenvalue weighted by molar-refractivity contribution is -0.138. The Morgan fingerprint density at radius 3 is 2.32 bits per heavy atom. The summed E-state index contributed by atoms with van der Waals surface area (Å²) in [5, 5.41) is 11.6. The van der Waals surface area contributed by atoms with E-state index in [2.05, 4.69) is 5.32 Å². The van der Waals surface area contributed by atoms with Crippen LogP contribution in [0, 0.1) is 0 Å². The van der Waals surface area contributed by atoms with Gasteiger partial charge in [-0.3, -0.25) is 4.79 Å². The molecule has 0 bridgehead atoms. The third kappa shape index (κ3) is 4.96. The van der Waals surface area contributed by atoms with E-state index >= 15 is 0 Å². The van der Waals surface area contributed by atoms with Gasteiger partial charge in [0.25, 0.3) is 0 Å². The predicted molar refractivity (Wildman–Crippen MR) is 86.9 cm³/mol. The van der Waals surface area contributed by atoms with Crippen LogP contribution in [0.3, 0.4) is 0 Å². The molecular formula is C17H13ClF3NO3. The van der Waals surface area contributed by atoms with Gasteiger partial charge in [0.2, 0.25) is 0 Å². The number of nitrogens with one attached hydrogen (secondary N) is 1. The number of carbonyl (C=O) groups excluding carboxylic acids is 1. The lowest BCUT2D eigenvalue weighted by Crippen LogP contribution is -2.32. The molecule has 4 nitrogen and oxygen atoms in total. The van der Waals surface area contributed by atoms with E-state index in [1.165, 1.54) is 12.1 Å². The van der Waals surface area contributed by atoms with Crippen LogP contribution in [0.4, 0.5) is 18.9 Å². The second kappa shape index (κ2) is 7.57. The van der Waals surface area contributed by atoms with Crippen LogP contribution < -0.4 is 5.32 Å². The number of hydrogen-bond donors (Lipinski definition) is 2. The maximum Gasteiger partial charge on any atom is 0.416 e. The predicted octanol–water partition coefficient (Wildman–Crippen LogP) is 4.50. The van der Waals surface area contributed by atoms with Crippen molar-refractivity contribution >= 4 is 29.0 Å². The molecule has 0 heterocycles. The second-order valence-corrected chi connectivity index (χ2v) is 5.63. The highest BCUT2D eigenvalue weighted by molar-refractivity contribution is 6.33. The number of rotatable bonds is 6. The first-order valence-electron chi connectivity index (χ1n) is 7.13. The van der Waals surface area contributed by atoms with E-state index in [4.69, 9.17) is 11.6 Å². The maximum atomic E-state index is 12.8. The molecule has 2 aromatic carbocycles. The average molecular weight is 372 g/mol. The van der Waals surface area contributed by atoms with Crippen LogP contribution in [-0.2, 0) is 11.0 Å². The molecule has 2 aromatic rings. The SMILES string of the molecule is O=C(C[C@@H](Nc1cc(C(F)(F)F)ccc1Cl)C(=O)O)c1ccccc1. The highest BCUT2D eigenvalue weighted by Gasteiger charge is 2.31. The van der Waals surface area contributed by atoms with Gasteiger partial charge in [-0.2, -0.15) is 13.2 Å². The first-order chi connectivity index (χ1) is 11.7. The minimum atomic E-state index is -4.60. The zero-order chi connectivity index (χ0) is 18.6. The summed E-state index contributed by atoms with van der Waals surface area (Å²) in [4.78, 5) is 23.5. The molecule has 0 radical (unpaired) electrons. The van der Waals surface area contributed by atoms with Gasteiger partial charge in [-0.1, -0.05) is 41.9 Å². The summed E-state index contributed by atoms with van der Waals surface area (Å²) >= 11 is 5.84. The number of benzene rings is 2. The number of anilines is 1. The molecule has 0 unspecified atom stereocenters. The summed E-state index contributed by atoms with van der Waals surface area (Å²) in [6.45, 7) is 0. The Morgan fingerprint density at radius 2 is 1.76 bits per heavy atom. The molecule has 132 valence electrons. The van der Waals surface area contributed by atoms with Crippen LogP contribution in [0.2, 0.25) is 5.02 Å². The molecule has 1 atom stereocenters. The number of Topliss-reactive ketones (excluding diaryl/α,β-unsaturated/α-hetero) is 1. The van der Waals surface area contributed by atoms with Gasteiger partial charge in [0.05, 0.1) is 16.3 Å². The highest BCUT2D eigenvalue weighted by Crippen LogP contribution is 2.34. The average Bonchev–Trinajstić information content (AvgIpc) is 2.55. The summed E-state index contributed by atoms with van der Waals surface area (Å²) in [5.74, 6) is -1.83. The maximum absolute atomic E-state index is 12.8. The van der Waals surface area contributed by atoms with E-state index in [9.17, 15) is 27.9 Å². The molecule has 0 aliphatic rings. The van der Waals surface area contributed by atoms with Crippen molar-refractivity contribution in [2.75, 3.05) is 5.32 Å². The summed E-state index contributed by atoms with van der Waals surface area (Å²) < 4.78 is 38.4. The molecule has 0 aliphatic heterocycles. The molecule has 2 rings (SSSR count). The van der Waals surface area contributed by atoms with E-state index in [1.807, 2.05) is 0 Å². The standard InChI is InChI=1S/C17H13ClF3NO3/c18-12-7-6-11(17(19,20)21)8-13(12)22-14(16(24)25)9-15(23)10-4-2-1-3-5-10/h1-8,14,22H,9H2,(H,24,25)/t14-/m1/s1. The lowest BCUT2D eigenvalue weighted by Gasteiger charge is -2.17. The molecule has 2 N–H and O–H groups in total. The lowest BCUT2D eigenvalue weighted by atomic mass is 10.0. The van der Waals surface area contributed by atoms with Gasteiger partial charge in [0.1, 0.15) is 6.04 Å². The number of carboxylic acid groups (broad SMARTS) is 1. The fourth-order valence-corrected chi connectivity index (χ4v) is 2.30. The number of halogens is 4. The molecule has 0 spiro atoms. The van der Waals surface area contributed by atoms with Crippen molar-refractivity contribution in [1.82, 2.24) is 0 Å². The number of hydrogen-bond acceptors (Lipinski definition) is 3. The number of aliphatic carboxylic acids is 1. The monoisotopic (exact) mass is 371 g/mol. The minimum Gasteiger partial charge on any atom is -0.480 e. The summed E-state index contributed by atoms with van der Waals surface area (Å²) in [6, 6.07) is 9.10. The number of carbonyl (C=O) groups is 2. The Morgan fingerprint density at radius 1 is 1.12 bits per heavy atom. The van der Waals surface area contributed by atoms with E-state index < -0.39 is 36.0 Å². The zero-order valence-electron chi connectivity index (χ0n) is 12.7. The van der Waals surface area contributed by atoms with Crippen LogP contribution in [0.1, 0.15) is 22.3 Å². The molecule has 0 fully saturated rings. The molecular weight excluding hydrogens is 359 g/mol. The summed E-state index contributed by atoms with van der Waals surface area (Å²) in [6.07, 6.45) is -5.04. The molecule has 0 amide bonds. The molecule has 0 saturated heterocycles. The van der Waals surface area contributed by atoms with E-state index in [-0.39, 0.29) is 10.7 Å². The first kappa shape index (κ1) is 18.8. The number of carboxylic acids is 1. The summed E-state index contributed by atoms with van der Waals surface area (Å²) in [7, 11) is 0. The Bertz CT molecular complexity index is 778. The van der Waals surface area contributed by atoms with Gasteiger partial charge < -0.3 is 10.4 Å². The van der Waals surface area contributed by atoms with Crippen molar-refractivity contribution in [3.63, 3.8) is 0 Å². The molecule has 0 aliphatic carbocycles. The van der Waals surface area contributed by atoms with Gasteiger partial charge in [0, 0.05) is 12.0 Å². The third-order valence-corrected chi connectivity index (χ3v) is 3.74. The van der Waals surface area contributed by atoms with Crippen LogP contribution in [0.25, 0.3) is 0 Å². The van der Waals surface area contributed by atoms with Crippen molar-refractivity contribution in [2.24, 2.45) is 0 Å². The van der Waals surface area contributed by atoms with Crippen molar-refractivity contribution in [3.8, 4) is 0 Å². The van der Waals surface area contributed by atoms with Crippen LogP contribution in [0.5, 0.6) is 0 Å². The van der Waals surface area contributed by atoms with Gasteiger partial charge in [-0.05, 0) is 18.2 Å². The van der Waals surface area contributed by atoms with Crippen molar-refractivity contribution in [2.45, 2.75) is 18.6 Å². The Kier molecular flexibility index (Phi) is 5.69. The van der Waals surface area contributed by atoms with Gasteiger partial charge in [-0.25, -0.2) is 4.79 Å². The van der Waals surface area contributed by atoms with E-state index in [0.717, 1.165) is 12.1 Å². The first-order valence-corrected chi connectivity index (χ1v) is 7.50. The van der Waals surface area contributed by atoms with Gasteiger partial charge in [-0.15, -0.1) is 0 Å². The van der Waals surface area contributed by atoms with Crippen molar-refractivity contribution < 1.29 is 27.9 Å². The van der Waals surface area contributed by atoms with Crippen molar-refractivity contribution in [1.29, 1.82) is 0 Å². The quantitative estimate of drug-likeness (QED) is 0.734. The number of ketones is 1. The highest BCUT2D eigenvalue weighted by atomic mass is 35.5. The third-order valence-electron chi connectivity index (χ3n) is 3.41. The number of alkyl halides is 3. The topological polar surface area (TPSA) is 66.4 Å². The zero-order valence-corrected chi connectivity index (χ0v) is 13.4. The molecule has 8 heteroatoms. The fraction of sp³-hybridized carbons (Fsp3) is 0.176. The molecule has 0 aromatic heterocycles. The normalized spacial score (nSPS) is 12.5. The Labute approximate surface area is 146 Å². The van der Waals surface area contributed by atoms with Gasteiger partial charge in [0.15, 0.2) is 5.78 Å². The fourth-order valence-electron chi connectivity index (χ4n) is 2.13. The van der Waals surface area contributed by atoms with E-state index in [0.29, 0.717) is 11.6 Å². The molecule has 25 heavy (non-hydrogen) atoms. The van der Waals surface area contributed by atoms with Crippen molar-refractivity contribution in [3.05, 3.63) is 64.7 Å². The smallest absolute Gasteiger partial charge is 0.416 e. The Balaban J connectivity index is 2.22. The van der Waals surface area contributed by atoms with Crippen LogP contribution in [0.15, 0.2) is 48.5 Å².